The second-order valence-electron chi connectivity index (χ2n) is 4.97. The highest BCUT2D eigenvalue weighted by atomic mass is 35.5. The summed E-state index contributed by atoms with van der Waals surface area (Å²) in [5.41, 5.74) is 2.50. The van der Waals surface area contributed by atoms with Gasteiger partial charge in [0.25, 0.3) is 0 Å². The van der Waals surface area contributed by atoms with Crippen molar-refractivity contribution in [2.24, 2.45) is 5.92 Å². The van der Waals surface area contributed by atoms with Gasteiger partial charge >= 0.3 is 0 Å². The van der Waals surface area contributed by atoms with Crippen molar-refractivity contribution in [3.05, 3.63) is 46.5 Å². The van der Waals surface area contributed by atoms with Crippen LogP contribution in [0, 0.1) is 5.92 Å². The maximum absolute atomic E-state index is 12.2. The fourth-order valence-corrected chi connectivity index (χ4v) is 2.67. The van der Waals surface area contributed by atoms with Crippen LogP contribution in [0.4, 0.5) is 0 Å². The molecule has 0 spiro atoms. The fourth-order valence-electron chi connectivity index (χ4n) is 2.41. The smallest absolute Gasteiger partial charge is 0.232 e. The monoisotopic (exact) mass is 260 g/mol. The lowest BCUT2D eigenvalue weighted by Crippen LogP contribution is -2.03. The molecule has 1 aliphatic heterocycles. The zero-order valence-electron chi connectivity index (χ0n) is 10.3. The van der Waals surface area contributed by atoms with Crippen molar-refractivity contribution in [2.45, 2.75) is 20.3 Å². The van der Waals surface area contributed by atoms with E-state index in [1.54, 1.807) is 12.3 Å². The summed E-state index contributed by atoms with van der Waals surface area (Å²) in [5.74, 6) is 0.920. The lowest BCUT2D eigenvalue weighted by molar-refractivity contribution is 0.103. The second kappa shape index (κ2) is 3.95. The number of carbonyl (C=O) groups excluding carboxylic acids is 1. The maximum atomic E-state index is 12.2. The Morgan fingerprint density at radius 3 is 2.89 bits per heavy atom. The number of hydrogen-bond acceptors (Lipinski definition) is 2. The van der Waals surface area contributed by atoms with Crippen molar-refractivity contribution < 1.29 is 4.79 Å². The Morgan fingerprint density at radius 2 is 2.17 bits per heavy atom. The molecular weight excluding hydrogens is 248 g/mol. The van der Waals surface area contributed by atoms with E-state index < -0.39 is 0 Å². The Hall–Kier alpha value is -1.61. The highest BCUT2D eigenvalue weighted by Gasteiger charge is 2.32. The van der Waals surface area contributed by atoms with E-state index in [1.807, 2.05) is 16.7 Å². The van der Waals surface area contributed by atoms with Crippen molar-refractivity contribution in [3.63, 3.8) is 0 Å². The summed E-state index contributed by atoms with van der Waals surface area (Å²) >= 11 is 6.11. The van der Waals surface area contributed by atoms with Crippen LogP contribution in [0.15, 0.2) is 24.4 Å². The first kappa shape index (κ1) is 11.5. The molecule has 4 heteroatoms. The predicted molar refractivity (Wildman–Crippen MR) is 70.5 cm³/mol. The molecule has 0 N–H and O–H groups in total. The van der Waals surface area contributed by atoms with Gasteiger partial charge < -0.3 is 0 Å². The van der Waals surface area contributed by atoms with E-state index in [2.05, 4.69) is 18.8 Å². The Labute approximate surface area is 110 Å². The molecule has 3 rings (SSSR count). The average Bonchev–Trinajstić information content (AvgIpc) is 2.81. The summed E-state index contributed by atoms with van der Waals surface area (Å²) < 4.78 is 1.93. The quantitative estimate of drug-likeness (QED) is 0.709. The number of rotatable bonds is 2. The van der Waals surface area contributed by atoms with Gasteiger partial charge in [0.1, 0.15) is 0 Å². The molecule has 2 aromatic rings. The number of halogens is 1. The Balaban J connectivity index is 2.22. The third-order valence-electron chi connectivity index (χ3n) is 3.11. The van der Waals surface area contributed by atoms with Gasteiger partial charge in [-0.15, -0.1) is 0 Å². The van der Waals surface area contributed by atoms with Crippen LogP contribution in [-0.2, 0) is 6.42 Å². The lowest BCUT2D eigenvalue weighted by Gasteiger charge is -2.09. The minimum atomic E-state index is -0.0781. The summed E-state index contributed by atoms with van der Waals surface area (Å²) in [7, 11) is 0. The molecule has 3 nitrogen and oxygen atoms in total. The third-order valence-corrected chi connectivity index (χ3v) is 3.43. The van der Waals surface area contributed by atoms with Crippen molar-refractivity contribution >= 4 is 17.4 Å². The van der Waals surface area contributed by atoms with Gasteiger partial charge in [-0.25, -0.2) is 4.98 Å². The lowest BCUT2D eigenvalue weighted by atomic mass is 10.1. The van der Waals surface area contributed by atoms with Crippen molar-refractivity contribution in [1.29, 1.82) is 0 Å². The van der Waals surface area contributed by atoms with E-state index in [4.69, 9.17) is 11.6 Å². The second-order valence-corrected chi connectivity index (χ2v) is 5.38. The predicted octanol–water partition coefficient (Wildman–Crippen LogP) is 3.27. The molecule has 18 heavy (non-hydrogen) atoms. The number of imidazole rings is 1. The van der Waals surface area contributed by atoms with Gasteiger partial charge in [-0.05, 0) is 24.5 Å². The van der Waals surface area contributed by atoms with Gasteiger partial charge in [-0.3, -0.25) is 9.36 Å². The number of aromatic nitrogens is 2. The van der Waals surface area contributed by atoms with Crippen molar-refractivity contribution in [1.82, 2.24) is 9.55 Å². The zero-order chi connectivity index (χ0) is 12.9. The summed E-state index contributed by atoms with van der Waals surface area (Å²) in [6, 6.07) is 5.52. The molecular formula is C14H13ClN2O. The summed E-state index contributed by atoms with van der Waals surface area (Å²) in [6.07, 6.45) is 2.68. The van der Waals surface area contributed by atoms with Gasteiger partial charge in [0.2, 0.25) is 5.78 Å². The zero-order valence-corrected chi connectivity index (χ0v) is 11.0. The normalized spacial score (nSPS) is 13.0. The minimum Gasteiger partial charge on any atom is -0.293 e. The van der Waals surface area contributed by atoms with Crippen LogP contribution in [0.5, 0.6) is 0 Å². The van der Waals surface area contributed by atoms with Crippen LogP contribution in [0.2, 0.25) is 5.02 Å². The molecule has 0 radical (unpaired) electrons. The van der Waals surface area contributed by atoms with Gasteiger partial charge in [-0.2, -0.15) is 0 Å². The number of fused-ring (bicyclic) bond motifs is 3. The Bertz CT molecular complexity index is 643. The molecule has 1 aromatic heterocycles. The first-order valence-corrected chi connectivity index (χ1v) is 6.37. The number of hydrogen-bond donors (Lipinski definition) is 0. The average molecular weight is 261 g/mol. The largest absolute Gasteiger partial charge is 0.293 e. The number of benzene rings is 1. The van der Waals surface area contributed by atoms with E-state index in [0.29, 0.717) is 22.3 Å². The molecule has 92 valence electrons. The Kier molecular flexibility index (Phi) is 2.52. The van der Waals surface area contributed by atoms with Crippen LogP contribution in [0.3, 0.4) is 0 Å². The van der Waals surface area contributed by atoms with E-state index in [9.17, 15) is 4.79 Å². The first-order valence-electron chi connectivity index (χ1n) is 5.99. The van der Waals surface area contributed by atoms with Crippen molar-refractivity contribution in [3.8, 4) is 5.69 Å². The van der Waals surface area contributed by atoms with E-state index in [0.717, 1.165) is 17.8 Å². The van der Waals surface area contributed by atoms with Gasteiger partial charge in [0.05, 0.1) is 16.3 Å². The molecule has 0 saturated heterocycles. The van der Waals surface area contributed by atoms with Crippen LogP contribution in [0.1, 0.15) is 35.7 Å². The highest BCUT2D eigenvalue weighted by molar-refractivity contribution is 6.36. The van der Waals surface area contributed by atoms with E-state index in [-0.39, 0.29) is 5.78 Å². The molecule has 0 atom stereocenters. The molecule has 0 saturated carbocycles. The molecule has 0 amide bonds. The van der Waals surface area contributed by atoms with Crippen molar-refractivity contribution in [2.75, 3.05) is 0 Å². The molecule has 1 aromatic carbocycles. The summed E-state index contributed by atoms with van der Waals surface area (Å²) in [5, 5.41) is 0.499. The molecule has 0 bridgehead atoms. The first-order chi connectivity index (χ1) is 8.59. The fraction of sp³-hybridized carbons (Fsp3) is 0.286. The SMILES string of the molecule is CC(C)Cc1cnc2n1-c1cccc(Cl)c1C2=O. The minimum absolute atomic E-state index is 0.0781. The molecule has 0 fully saturated rings. The molecule has 0 aliphatic carbocycles. The van der Waals surface area contributed by atoms with Gasteiger partial charge in [0.15, 0.2) is 5.82 Å². The molecule has 1 aliphatic rings. The van der Waals surface area contributed by atoms with E-state index >= 15 is 0 Å². The van der Waals surface area contributed by atoms with Crippen LogP contribution >= 0.6 is 11.6 Å². The topological polar surface area (TPSA) is 34.9 Å². The third kappa shape index (κ3) is 1.51. The maximum Gasteiger partial charge on any atom is 0.232 e. The van der Waals surface area contributed by atoms with Crippen LogP contribution in [-0.4, -0.2) is 15.3 Å². The highest BCUT2D eigenvalue weighted by Crippen LogP contribution is 2.33. The standard InChI is InChI=1S/C14H13ClN2O/c1-8(2)6-9-7-16-14-13(18)12-10(15)4-3-5-11(12)17(9)14/h3-5,7-8H,6H2,1-2H3. The molecule has 0 unspecified atom stereocenters. The van der Waals surface area contributed by atoms with Crippen LogP contribution in [0.25, 0.3) is 5.69 Å². The van der Waals surface area contributed by atoms with Gasteiger partial charge in [-0.1, -0.05) is 31.5 Å². The summed E-state index contributed by atoms with van der Waals surface area (Å²) in [6.45, 7) is 4.30. The Morgan fingerprint density at radius 1 is 1.39 bits per heavy atom. The number of carbonyl (C=O) groups is 1. The number of nitrogens with zero attached hydrogens (tertiary/aromatic N) is 2. The van der Waals surface area contributed by atoms with Crippen LogP contribution < -0.4 is 0 Å². The summed E-state index contributed by atoms with van der Waals surface area (Å²) in [4.78, 5) is 16.5. The van der Waals surface area contributed by atoms with E-state index in [1.165, 1.54) is 0 Å². The van der Waals surface area contributed by atoms with Gasteiger partial charge in [0, 0.05) is 11.9 Å². The molecule has 2 heterocycles. The number of ketones is 1.